The van der Waals surface area contributed by atoms with Gasteiger partial charge in [0.2, 0.25) is 0 Å². The minimum absolute atomic E-state index is 0.223. The van der Waals surface area contributed by atoms with E-state index in [0.717, 1.165) is 18.2 Å². The van der Waals surface area contributed by atoms with Crippen molar-refractivity contribution in [2.75, 3.05) is 6.54 Å². The third-order valence-corrected chi connectivity index (χ3v) is 3.40. The first kappa shape index (κ1) is 13.1. The molecule has 0 radical (unpaired) electrons. The monoisotopic (exact) mass is 268 g/mol. The highest BCUT2D eigenvalue weighted by molar-refractivity contribution is 7.07. The van der Waals surface area contributed by atoms with Crippen molar-refractivity contribution in [3.63, 3.8) is 0 Å². The van der Waals surface area contributed by atoms with Gasteiger partial charge in [0.15, 0.2) is 11.6 Å². The molecule has 1 heterocycles. The van der Waals surface area contributed by atoms with Gasteiger partial charge >= 0.3 is 0 Å². The number of benzene rings is 1. The summed E-state index contributed by atoms with van der Waals surface area (Å²) in [6, 6.07) is 4.02. The van der Waals surface area contributed by atoms with Crippen LogP contribution in [0.25, 0.3) is 0 Å². The van der Waals surface area contributed by atoms with Crippen molar-refractivity contribution in [1.29, 1.82) is 0 Å². The van der Waals surface area contributed by atoms with Crippen LogP contribution in [0.15, 0.2) is 29.1 Å². The lowest BCUT2D eigenvalue weighted by Gasteiger charge is -2.14. The molecule has 0 aliphatic heterocycles. The summed E-state index contributed by atoms with van der Waals surface area (Å²) < 4.78 is 26.6. The Morgan fingerprint density at radius 2 is 2.22 bits per heavy atom. The average molecular weight is 268 g/mol. The number of thiazole rings is 1. The predicted octanol–water partition coefficient (Wildman–Crippen LogP) is 3.31. The SMILES string of the molecule is CC(NCCc1cscn1)c1cccc(F)c1F. The Balaban J connectivity index is 1.91. The zero-order valence-electron chi connectivity index (χ0n) is 9.99. The summed E-state index contributed by atoms with van der Waals surface area (Å²) >= 11 is 1.55. The van der Waals surface area contributed by atoms with Crippen LogP contribution in [0.5, 0.6) is 0 Å². The molecule has 18 heavy (non-hydrogen) atoms. The first-order chi connectivity index (χ1) is 8.68. The van der Waals surface area contributed by atoms with Crippen LogP contribution in [0, 0.1) is 11.6 Å². The fraction of sp³-hybridized carbons (Fsp3) is 0.308. The summed E-state index contributed by atoms with van der Waals surface area (Å²) in [5.41, 5.74) is 3.15. The van der Waals surface area contributed by atoms with Gasteiger partial charge in [0.25, 0.3) is 0 Å². The summed E-state index contributed by atoms with van der Waals surface area (Å²) in [5.74, 6) is -1.58. The van der Waals surface area contributed by atoms with Crippen LogP contribution in [0.4, 0.5) is 8.78 Å². The van der Waals surface area contributed by atoms with Crippen molar-refractivity contribution in [1.82, 2.24) is 10.3 Å². The Kier molecular flexibility index (Phi) is 4.38. The molecule has 0 fully saturated rings. The second-order valence-corrected chi connectivity index (χ2v) is 4.77. The molecule has 0 saturated heterocycles. The molecule has 2 rings (SSSR count). The predicted molar refractivity (Wildman–Crippen MR) is 68.6 cm³/mol. The van der Waals surface area contributed by atoms with Crippen LogP contribution in [0.1, 0.15) is 24.2 Å². The molecule has 2 nitrogen and oxygen atoms in total. The average Bonchev–Trinajstić information content (AvgIpc) is 2.85. The largest absolute Gasteiger partial charge is 0.310 e. The van der Waals surface area contributed by atoms with E-state index in [0.29, 0.717) is 12.1 Å². The topological polar surface area (TPSA) is 24.9 Å². The van der Waals surface area contributed by atoms with E-state index < -0.39 is 11.6 Å². The van der Waals surface area contributed by atoms with Crippen molar-refractivity contribution in [3.05, 3.63) is 52.0 Å². The molecule has 1 aromatic carbocycles. The molecular formula is C13H14F2N2S. The van der Waals surface area contributed by atoms with Gasteiger partial charge in [-0.05, 0) is 13.0 Å². The Labute approximate surface area is 109 Å². The van der Waals surface area contributed by atoms with Crippen LogP contribution >= 0.6 is 11.3 Å². The highest BCUT2D eigenvalue weighted by Gasteiger charge is 2.13. The number of nitrogens with one attached hydrogen (secondary N) is 1. The molecule has 1 unspecified atom stereocenters. The van der Waals surface area contributed by atoms with Gasteiger partial charge in [-0.3, -0.25) is 0 Å². The summed E-state index contributed by atoms with van der Waals surface area (Å²) in [6.45, 7) is 2.50. The lowest BCUT2D eigenvalue weighted by atomic mass is 10.1. The molecule has 0 spiro atoms. The normalized spacial score (nSPS) is 12.6. The number of halogens is 2. The standard InChI is InChI=1S/C13H14F2N2S/c1-9(11-3-2-4-12(14)13(11)15)16-6-5-10-7-18-8-17-10/h2-4,7-9,16H,5-6H2,1H3. The third kappa shape index (κ3) is 3.11. The summed E-state index contributed by atoms with van der Waals surface area (Å²) in [5, 5.41) is 5.14. The Morgan fingerprint density at radius 3 is 2.94 bits per heavy atom. The highest BCUT2D eigenvalue weighted by Crippen LogP contribution is 2.18. The molecule has 96 valence electrons. The van der Waals surface area contributed by atoms with E-state index in [2.05, 4.69) is 10.3 Å². The van der Waals surface area contributed by atoms with E-state index >= 15 is 0 Å². The van der Waals surface area contributed by atoms with Gasteiger partial charge in [-0.25, -0.2) is 13.8 Å². The molecule has 2 aromatic rings. The van der Waals surface area contributed by atoms with Gasteiger partial charge in [-0.1, -0.05) is 12.1 Å². The van der Waals surface area contributed by atoms with Crippen molar-refractivity contribution in [2.45, 2.75) is 19.4 Å². The van der Waals surface area contributed by atoms with Crippen molar-refractivity contribution < 1.29 is 8.78 Å². The van der Waals surface area contributed by atoms with Crippen LogP contribution in [0.2, 0.25) is 0 Å². The molecule has 1 N–H and O–H groups in total. The van der Waals surface area contributed by atoms with Gasteiger partial charge in [0.05, 0.1) is 11.2 Å². The van der Waals surface area contributed by atoms with Crippen LogP contribution in [0.3, 0.4) is 0 Å². The van der Waals surface area contributed by atoms with Gasteiger partial charge in [0.1, 0.15) is 0 Å². The Hall–Kier alpha value is -1.33. The lowest BCUT2D eigenvalue weighted by molar-refractivity contribution is 0.473. The maximum absolute atomic E-state index is 13.5. The highest BCUT2D eigenvalue weighted by atomic mass is 32.1. The fourth-order valence-corrected chi connectivity index (χ4v) is 2.34. The minimum atomic E-state index is -0.805. The summed E-state index contributed by atoms with van der Waals surface area (Å²) in [7, 11) is 0. The molecule has 0 saturated carbocycles. The van der Waals surface area contributed by atoms with Crippen LogP contribution in [-0.4, -0.2) is 11.5 Å². The van der Waals surface area contributed by atoms with Gasteiger partial charge in [0, 0.05) is 30.0 Å². The lowest BCUT2D eigenvalue weighted by Crippen LogP contribution is -2.22. The van der Waals surface area contributed by atoms with E-state index in [4.69, 9.17) is 0 Å². The summed E-state index contributed by atoms with van der Waals surface area (Å²) in [4.78, 5) is 4.16. The summed E-state index contributed by atoms with van der Waals surface area (Å²) in [6.07, 6.45) is 0.783. The van der Waals surface area contributed by atoms with Gasteiger partial charge < -0.3 is 5.32 Å². The number of hydrogen-bond acceptors (Lipinski definition) is 3. The number of rotatable bonds is 5. The van der Waals surface area contributed by atoms with Gasteiger partial charge in [-0.15, -0.1) is 11.3 Å². The molecule has 1 atom stereocenters. The fourth-order valence-electron chi connectivity index (χ4n) is 1.74. The van der Waals surface area contributed by atoms with E-state index in [1.807, 2.05) is 12.3 Å². The quantitative estimate of drug-likeness (QED) is 0.900. The zero-order valence-corrected chi connectivity index (χ0v) is 10.8. The van der Waals surface area contributed by atoms with Crippen LogP contribution in [-0.2, 0) is 6.42 Å². The molecular weight excluding hydrogens is 254 g/mol. The first-order valence-corrected chi connectivity index (χ1v) is 6.67. The molecule has 1 aromatic heterocycles. The smallest absolute Gasteiger partial charge is 0.163 e. The second-order valence-electron chi connectivity index (χ2n) is 4.05. The van der Waals surface area contributed by atoms with Crippen LogP contribution < -0.4 is 5.32 Å². The van der Waals surface area contributed by atoms with E-state index in [1.165, 1.54) is 6.07 Å². The third-order valence-electron chi connectivity index (χ3n) is 2.76. The Bertz CT molecular complexity index is 500. The first-order valence-electron chi connectivity index (χ1n) is 5.73. The number of hydrogen-bond donors (Lipinski definition) is 1. The maximum Gasteiger partial charge on any atom is 0.163 e. The Morgan fingerprint density at radius 1 is 1.39 bits per heavy atom. The van der Waals surface area contributed by atoms with E-state index in [9.17, 15) is 8.78 Å². The number of aromatic nitrogens is 1. The molecule has 0 amide bonds. The zero-order chi connectivity index (χ0) is 13.0. The van der Waals surface area contributed by atoms with E-state index in [-0.39, 0.29) is 6.04 Å². The molecule has 5 heteroatoms. The molecule has 0 aliphatic carbocycles. The van der Waals surface area contributed by atoms with Crippen molar-refractivity contribution >= 4 is 11.3 Å². The van der Waals surface area contributed by atoms with Crippen molar-refractivity contribution in [3.8, 4) is 0 Å². The second kappa shape index (κ2) is 6.02. The molecule has 0 bridgehead atoms. The minimum Gasteiger partial charge on any atom is -0.310 e. The maximum atomic E-state index is 13.5. The number of nitrogens with zero attached hydrogens (tertiary/aromatic N) is 1. The molecule has 0 aliphatic rings. The van der Waals surface area contributed by atoms with Crippen molar-refractivity contribution in [2.24, 2.45) is 0 Å². The van der Waals surface area contributed by atoms with E-state index in [1.54, 1.807) is 22.9 Å². The van der Waals surface area contributed by atoms with Gasteiger partial charge in [-0.2, -0.15) is 0 Å².